The summed E-state index contributed by atoms with van der Waals surface area (Å²) < 4.78 is 12.8. The average molecular weight is 146 g/mol. The fourth-order valence-corrected chi connectivity index (χ4v) is 1.27. The van der Waals surface area contributed by atoms with Crippen LogP contribution in [0.1, 0.15) is 13.3 Å². The fourth-order valence-electron chi connectivity index (χ4n) is 1.27. The topological polar surface area (TPSA) is 29.3 Å². The van der Waals surface area contributed by atoms with Gasteiger partial charge in [0.2, 0.25) is 0 Å². The van der Waals surface area contributed by atoms with Crippen LogP contribution in [-0.4, -0.2) is 36.7 Å². The average Bonchev–Trinajstić information content (AvgIpc) is 1.95. The highest BCUT2D eigenvalue weighted by Gasteiger charge is 2.24. The number of nitrogens with zero attached hydrogens (tertiary/aromatic N) is 1. The van der Waals surface area contributed by atoms with Crippen LogP contribution in [0, 0.1) is 0 Å². The van der Waals surface area contributed by atoms with Crippen molar-refractivity contribution in [2.75, 3.05) is 19.6 Å². The maximum Gasteiger partial charge on any atom is 0.128 e. The molecule has 1 aliphatic rings. The van der Waals surface area contributed by atoms with Gasteiger partial charge in [0, 0.05) is 12.6 Å². The van der Waals surface area contributed by atoms with Gasteiger partial charge in [-0.2, -0.15) is 0 Å². The predicted molar refractivity (Wildman–Crippen MR) is 39.6 cm³/mol. The number of likely N-dealkylation sites (tertiary alicyclic amines) is 1. The van der Waals surface area contributed by atoms with Gasteiger partial charge in [0.05, 0.1) is 0 Å². The van der Waals surface area contributed by atoms with Gasteiger partial charge in [0.1, 0.15) is 6.17 Å². The second-order valence-corrected chi connectivity index (χ2v) is 2.86. The Morgan fingerprint density at radius 1 is 1.70 bits per heavy atom. The van der Waals surface area contributed by atoms with Crippen molar-refractivity contribution in [3.05, 3.63) is 0 Å². The summed E-state index contributed by atoms with van der Waals surface area (Å²) in [5.74, 6) is 0. The Labute approximate surface area is 61.2 Å². The van der Waals surface area contributed by atoms with Crippen LogP contribution in [0.5, 0.6) is 0 Å². The van der Waals surface area contributed by atoms with E-state index in [1.807, 2.05) is 6.92 Å². The number of rotatable bonds is 1. The predicted octanol–water partition coefficient (Wildman–Crippen LogP) is 0.377. The molecule has 0 bridgehead atoms. The molecule has 2 nitrogen and oxygen atoms in total. The highest BCUT2D eigenvalue weighted by Crippen LogP contribution is 2.11. The first-order valence-electron chi connectivity index (χ1n) is 3.86. The Balaban J connectivity index is 2.33. The van der Waals surface area contributed by atoms with E-state index in [4.69, 9.17) is 5.73 Å². The molecule has 1 saturated heterocycles. The van der Waals surface area contributed by atoms with Crippen LogP contribution >= 0.6 is 0 Å². The third-order valence-electron chi connectivity index (χ3n) is 2.12. The minimum absolute atomic E-state index is 0.220. The minimum atomic E-state index is -0.811. The Hall–Kier alpha value is -0.150. The van der Waals surface area contributed by atoms with Gasteiger partial charge in [-0.3, -0.25) is 0 Å². The summed E-state index contributed by atoms with van der Waals surface area (Å²) in [5, 5.41) is 0. The molecule has 3 heteroatoms. The summed E-state index contributed by atoms with van der Waals surface area (Å²) in [5.41, 5.74) is 5.49. The molecule has 0 aromatic rings. The largest absolute Gasteiger partial charge is 0.325 e. The van der Waals surface area contributed by atoms with Gasteiger partial charge in [-0.1, -0.05) is 6.92 Å². The van der Waals surface area contributed by atoms with Gasteiger partial charge in [0.15, 0.2) is 0 Å². The number of hydrogen-bond donors (Lipinski definition) is 1. The number of hydrogen-bond acceptors (Lipinski definition) is 2. The highest BCUT2D eigenvalue weighted by atomic mass is 19.1. The number of nitrogens with two attached hydrogens (primary N) is 1. The molecule has 0 aromatic carbocycles. The lowest BCUT2D eigenvalue weighted by atomic mass is 10.0. The lowest BCUT2D eigenvalue weighted by Gasteiger charge is -2.31. The third kappa shape index (κ3) is 1.67. The second-order valence-electron chi connectivity index (χ2n) is 2.86. The van der Waals surface area contributed by atoms with Crippen LogP contribution in [0.4, 0.5) is 4.39 Å². The summed E-state index contributed by atoms with van der Waals surface area (Å²) >= 11 is 0. The molecular formula is C7H15FN2. The van der Waals surface area contributed by atoms with E-state index in [9.17, 15) is 4.39 Å². The van der Waals surface area contributed by atoms with Crippen LogP contribution < -0.4 is 5.73 Å². The first-order chi connectivity index (χ1) is 4.74. The first kappa shape index (κ1) is 7.95. The van der Waals surface area contributed by atoms with Crippen LogP contribution in [0.3, 0.4) is 0 Å². The molecule has 0 aliphatic carbocycles. The second kappa shape index (κ2) is 3.30. The molecule has 0 radical (unpaired) electrons. The maximum absolute atomic E-state index is 12.8. The molecular weight excluding hydrogens is 131 g/mol. The zero-order valence-electron chi connectivity index (χ0n) is 6.39. The summed E-state index contributed by atoms with van der Waals surface area (Å²) in [6.07, 6.45) is -0.0108. The fraction of sp³-hybridized carbons (Fsp3) is 1.00. The molecule has 0 unspecified atom stereocenters. The molecule has 1 fully saturated rings. The van der Waals surface area contributed by atoms with Crippen molar-refractivity contribution in [2.24, 2.45) is 5.73 Å². The summed E-state index contributed by atoms with van der Waals surface area (Å²) in [4.78, 5) is 2.09. The van der Waals surface area contributed by atoms with E-state index in [2.05, 4.69) is 4.90 Å². The summed E-state index contributed by atoms with van der Waals surface area (Å²) in [6.45, 7) is 4.46. The maximum atomic E-state index is 12.8. The normalized spacial score (nSPS) is 36.3. The molecule has 0 saturated carbocycles. The standard InChI is InChI=1S/C7H15FN2/c1-2-10-4-3-7(9)6(8)5-10/h6-7H,2-5,9H2,1H3/t6-,7-/m0/s1. The molecule has 0 spiro atoms. The van der Waals surface area contributed by atoms with Gasteiger partial charge in [-0.05, 0) is 19.5 Å². The Morgan fingerprint density at radius 3 is 2.90 bits per heavy atom. The van der Waals surface area contributed by atoms with Crippen molar-refractivity contribution in [1.29, 1.82) is 0 Å². The first-order valence-corrected chi connectivity index (χ1v) is 3.86. The Morgan fingerprint density at radius 2 is 2.40 bits per heavy atom. The molecule has 0 aromatic heterocycles. The zero-order valence-corrected chi connectivity index (χ0v) is 6.39. The van der Waals surface area contributed by atoms with E-state index in [1.54, 1.807) is 0 Å². The summed E-state index contributed by atoms with van der Waals surface area (Å²) in [6, 6.07) is -0.220. The minimum Gasteiger partial charge on any atom is -0.325 e. The van der Waals surface area contributed by atoms with Gasteiger partial charge in [0.25, 0.3) is 0 Å². The summed E-state index contributed by atoms with van der Waals surface area (Å²) in [7, 11) is 0. The molecule has 60 valence electrons. The third-order valence-corrected chi connectivity index (χ3v) is 2.12. The van der Waals surface area contributed by atoms with E-state index in [0.29, 0.717) is 6.54 Å². The van der Waals surface area contributed by atoms with Crippen molar-refractivity contribution < 1.29 is 4.39 Å². The quantitative estimate of drug-likeness (QED) is 0.579. The molecule has 0 amide bonds. The van der Waals surface area contributed by atoms with Crippen molar-refractivity contribution in [2.45, 2.75) is 25.6 Å². The zero-order chi connectivity index (χ0) is 7.56. The molecule has 1 aliphatic heterocycles. The molecule has 2 atom stereocenters. The van der Waals surface area contributed by atoms with Crippen molar-refractivity contribution in [3.63, 3.8) is 0 Å². The van der Waals surface area contributed by atoms with Gasteiger partial charge < -0.3 is 10.6 Å². The van der Waals surface area contributed by atoms with E-state index in [-0.39, 0.29) is 6.04 Å². The van der Waals surface area contributed by atoms with E-state index < -0.39 is 6.17 Å². The van der Waals surface area contributed by atoms with E-state index >= 15 is 0 Å². The SMILES string of the molecule is CCN1CC[C@H](N)[C@@H](F)C1. The van der Waals surface area contributed by atoms with Crippen LogP contribution in [0.2, 0.25) is 0 Å². The number of alkyl halides is 1. The molecule has 1 rings (SSSR count). The van der Waals surface area contributed by atoms with E-state index in [1.165, 1.54) is 0 Å². The van der Waals surface area contributed by atoms with Crippen molar-refractivity contribution in [1.82, 2.24) is 4.90 Å². The smallest absolute Gasteiger partial charge is 0.128 e. The van der Waals surface area contributed by atoms with Crippen LogP contribution in [0.25, 0.3) is 0 Å². The van der Waals surface area contributed by atoms with Gasteiger partial charge in [-0.25, -0.2) is 4.39 Å². The molecule has 2 N–H and O–H groups in total. The van der Waals surface area contributed by atoms with Crippen molar-refractivity contribution >= 4 is 0 Å². The van der Waals surface area contributed by atoms with Crippen LogP contribution in [0.15, 0.2) is 0 Å². The number of halogens is 1. The van der Waals surface area contributed by atoms with Gasteiger partial charge in [-0.15, -0.1) is 0 Å². The molecule has 10 heavy (non-hydrogen) atoms. The Bertz CT molecular complexity index is 108. The van der Waals surface area contributed by atoms with Gasteiger partial charge >= 0.3 is 0 Å². The molecule has 1 heterocycles. The highest BCUT2D eigenvalue weighted by molar-refractivity contribution is 4.81. The van der Waals surface area contributed by atoms with E-state index in [0.717, 1.165) is 19.5 Å². The van der Waals surface area contributed by atoms with Crippen molar-refractivity contribution in [3.8, 4) is 0 Å². The number of piperidine rings is 1. The van der Waals surface area contributed by atoms with Crippen LogP contribution in [-0.2, 0) is 0 Å². The monoisotopic (exact) mass is 146 g/mol. The lowest BCUT2D eigenvalue weighted by molar-refractivity contribution is 0.124. The Kier molecular flexibility index (Phi) is 2.63. The lowest BCUT2D eigenvalue weighted by Crippen LogP contribution is -2.48.